The molecule has 15 rings (SSSR count). The Morgan fingerprint density at radius 1 is 0.347 bits per heavy atom. The van der Waals surface area contributed by atoms with Crippen molar-refractivity contribution in [2.24, 2.45) is 0 Å². The van der Waals surface area contributed by atoms with Crippen LogP contribution >= 0.6 is 0 Å². The third-order valence-corrected chi connectivity index (χ3v) is 14.2. The van der Waals surface area contributed by atoms with Crippen LogP contribution in [0.1, 0.15) is 5.56 Å². The first kappa shape index (κ1) is 39.9. The Hall–Kier alpha value is -10.1. The van der Waals surface area contributed by atoms with E-state index in [-0.39, 0.29) is 0 Å². The predicted molar refractivity (Wildman–Crippen MR) is 290 cm³/mol. The van der Waals surface area contributed by atoms with Crippen molar-refractivity contribution in [2.45, 2.75) is 0 Å². The summed E-state index contributed by atoms with van der Waals surface area (Å²) in [6.07, 6.45) is 0. The molecule has 5 aromatic heterocycles. The topological polar surface area (TPSA) is 98.6 Å². The summed E-state index contributed by atoms with van der Waals surface area (Å²) in [5.41, 5.74) is 14.0. The molecule has 0 fully saturated rings. The van der Waals surface area contributed by atoms with E-state index in [0.29, 0.717) is 23.0 Å². The number of hydrogen-bond donors (Lipinski definition) is 0. The second kappa shape index (κ2) is 15.5. The molecule has 0 aliphatic rings. The Kier molecular flexibility index (Phi) is 8.55. The van der Waals surface area contributed by atoms with E-state index in [1.54, 1.807) is 0 Å². The lowest BCUT2D eigenvalue weighted by Gasteiger charge is -2.20. The second-order valence-electron chi connectivity index (χ2n) is 18.2. The molecule has 0 bridgehead atoms. The van der Waals surface area contributed by atoms with Crippen molar-refractivity contribution in [3.05, 3.63) is 224 Å². The number of aromatic nitrogens is 5. The summed E-state index contributed by atoms with van der Waals surface area (Å²) in [5.74, 6) is 1.67. The lowest BCUT2D eigenvalue weighted by Crippen LogP contribution is -2.04. The fraction of sp³-hybridized carbons (Fsp3) is 0. The Balaban J connectivity index is 1.06. The fourth-order valence-corrected chi connectivity index (χ4v) is 11.0. The molecule has 0 aliphatic heterocycles. The number of furan rings is 2. The van der Waals surface area contributed by atoms with Crippen LogP contribution < -0.4 is 0 Å². The SMILES string of the molecule is N#Cc1ccc(-c2cc(-c3nc(-c4ccccc4)nc(-c4ccccc4)n3)ccc2-n2c3ccccc3c3c4oc5ccccc5c4ccc32)c(-n2c3ccccc3c3c4oc5ccccc5c4ccc32)c1. The average Bonchev–Trinajstić information content (AvgIpc) is 4.21. The molecule has 0 aliphatic carbocycles. The number of rotatable bonds is 6. The molecule has 0 amide bonds. The highest BCUT2D eigenvalue weighted by atomic mass is 16.3. The summed E-state index contributed by atoms with van der Waals surface area (Å²) in [7, 11) is 0. The van der Waals surface area contributed by atoms with Crippen LogP contribution in [-0.2, 0) is 0 Å². The standard InChI is InChI=1S/C64H36N6O2/c65-37-38-27-29-42(55(35-38)70-51-24-12-8-22-48(51)59-54(70)34-31-46-44-20-10-14-26-57(44)72-61(46)59)49-36-41(64-67-62(39-15-3-1-4-16-39)66-63(68-64)40-17-5-2-6-18-40)28-32-52(49)69-50-23-11-7-21-47(50)58-53(69)33-30-45-43-19-9-13-25-56(43)71-60(45)58/h1-36H. The minimum Gasteiger partial charge on any atom is -0.455 e. The molecular formula is C64H36N6O2. The molecule has 0 unspecified atom stereocenters. The quantitative estimate of drug-likeness (QED) is 0.165. The Morgan fingerprint density at radius 2 is 0.819 bits per heavy atom. The first-order valence-electron chi connectivity index (χ1n) is 23.9. The Bertz CT molecular complexity index is 4710. The van der Waals surface area contributed by atoms with Gasteiger partial charge < -0.3 is 18.0 Å². The van der Waals surface area contributed by atoms with Crippen LogP contribution in [0.3, 0.4) is 0 Å². The highest BCUT2D eigenvalue weighted by molar-refractivity contribution is 6.25. The summed E-state index contributed by atoms with van der Waals surface area (Å²) in [4.78, 5) is 15.4. The van der Waals surface area contributed by atoms with Gasteiger partial charge in [0.25, 0.3) is 0 Å². The van der Waals surface area contributed by atoms with Crippen molar-refractivity contribution in [1.29, 1.82) is 5.26 Å². The van der Waals surface area contributed by atoms with Crippen molar-refractivity contribution in [1.82, 2.24) is 24.1 Å². The maximum Gasteiger partial charge on any atom is 0.164 e. The number of nitrogens with zero attached hydrogens (tertiary/aromatic N) is 6. The van der Waals surface area contributed by atoms with Gasteiger partial charge in [-0.3, -0.25) is 0 Å². The third-order valence-electron chi connectivity index (χ3n) is 14.2. The zero-order valence-electron chi connectivity index (χ0n) is 38.3. The van der Waals surface area contributed by atoms with E-state index in [1.807, 2.05) is 97.1 Å². The monoisotopic (exact) mass is 920 g/mol. The van der Waals surface area contributed by atoms with E-state index < -0.39 is 0 Å². The van der Waals surface area contributed by atoms with Crippen molar-refractivity contribution in [3.8, 4) is 62.7 Å². The summed E-state index contributed by atoms with van der Waals surface area (Å²) in [5, 5.41) is 19.1. The van der Waals surface area contributed by atoms with Crippen LogP contribution in [0.15, 0.2) is 227 Å². The number of benzene rings is 10. The minimum atomic E-state index is 0.529. The van der Waals surface area contributed by atoms with Crippen LogP contribution in [0.2, 0.25) is 0 Å². The van der Waals surface area contributed by atoms with Crippen LogP contribution in [-0.4, -0.2) is 24.1 Å². The molecule has 0 saturated carbocycles. The smallest absolute Gasteiger partial charge is 0.164 e. The number of para-hydroxylation sites is 4. The van der Waals surface area contributed by atoms with Gasteiger partial charge in [-0.15, -0.1) is 0 Å². The van der Waals surface area contributed by atoms with Gasteiger partial charge in [-0.25, -0.2) is 15.0 Å². The average molecular weight is 921 g/mol. The van der Waals surface area contributed by atoms with Crippen LogP contribution in [0.25, 0.3) is 144 Å². The van der Waals surface area contributed by atoms with Gasteiger partial charge in [0.1, 0.15) is 22.3 Å². The zero-order chi connectivity index (χ0) is 47.4. The van der Waals surface area contributed by atoms with Gasteiger partial charge in [-0.05, 0) is 78.9 Å². The van der Waals surface area contributed by atoms with Gasteiger partial charge >= 0.3 is 0 Å². The highest BCUT2D eigenvalue weighted by Gasteiger charge is 2.26. The van der Waals surface area contributed by atoms with E-state index >= 15 is 0 Å². The molecule has 5 heterocycles. The Labute approximate surface area is 410 Å². The van der Waals surface area contributed by atoms with E-state index in [4.69, 9.17) is 23.8 Å². The maximum absolute atomic E-state index is 10.7. The predicted octanol–water partition coefficient (Wildman–Crippen LogP) is 16.4. The van der Waals surface area contributed by atoms with Crippen molar-refractivity contribution in [3.63, 3.8) is 0 Å². The van der Waals surface area contributed by atoms with Gasteiger partial charge in [-0.1, -0.05) is 140 Å². The highest BCUT2D eigenvalue weighted by Crippen LogP contribution is 2.46. The summed E-state index contributed by atoms with van der Waals surface area (Å²) in [6.45, 7) is 0. The minimum absolute atomic E-state index is 0.529. The molecule has 8 nitrogen and oxygen atoms in total. The van der Waals surface area contributed by atoms with Crippen LogP contribution in [0.5, 0.6) is 0 Å². The van der Waals surface area contributed by atoms with E-state index in [2.05, 4.69) is 137 Å². The maximum atomic E-state index is 10.7. The normalized spacial score (nSPS) is 11.9. The molecule has 0 radical (unpaired) electrons. The largest absolute Gasteiger partial charge is 0.455 e. The molecule has 15 aromatic rings. The summed E-state index contributed by atoms with van der Waals surface area (Å²) >= 11 is 0. The number of nitriles is 1. The van der Waals surface area contributed by atoms with Gasteiger partial charge in [0.15, 0.2) is 17.5 Å². The van der Waals surface area contributed by atoms with E-state index in [0.717, 1.165) is 127 Å². The van der Waals surface area contributed by atoms with Crippen molar-refractivity contribution >= 4 is 87.5 Å². The molecule has 0 N–H and O–H groups in total. The number of fused-ring (bicyclic) bond motifs is 14. The number of hydrogen-bond acceptors (Lipinski definition) is 6. The van der Waals surface area contributed by atoms with Gasteiger partial charge in [0, 0.05) is 60.1 Å². The Morgan fingerprint density at radius 3 is 1.36 bits per heavy atom. The first-order valence-corrected chi connectivity index (χ1v) is 23.9. The molecular weight excluding hydrogens is 885 g/mol. The molecule has 334 valence electrons. The lowest BCUT2D eigenvalue weighted by atomic mass is 9.96. The zero-order valence-corrected chi connectivity index (χ0v) is 38.3. The van der Waals surface area contributed by atoms with Crippen molar-refractivity contribution in [2.75, 3.05) is 0 Å². The second-order valence-corrected chi connectivity index (χ2v) is 18.2. The van der Waals surface area contributed by atoms with Crippen molar-refractivity contribution < 1.29 is 8.83 Å². The fourth-order valence-electron chi connectivity index (χ4n) is 11.0. The van der Waals surface area contributed by atoms with Crippen LogP contribution in [0, 0.1) is 11.3 Å². The molecule has 10 aromatic carbocycles. The van der Waals surface area contributed by atoms with Gasteiger partial charge in [-0.2, -0.15) is 5.26 Å². The summed E-state index contributed by atoms with van der Waals surface area (Å²) in [6, 6.07) is 77.2. The summed E-state index contributed by atoms with van der Waals surface area (Å²) < 4.78 is 18.1. The van der Waals surface area contributed by atoms with Crippen LogP contribution in [0.4, 0.5) is 0 Å². The third kappa shape index (κ3) is 5.89. The molecule has 8 heteroatoms. The van der Waals surface area contributed by atoms with E-state index in [9.17, 15) is 5.26 Å². The lowest BCUT2D eigenvalue weighted by molar-refractivity contribution is 0.672. The van der Waals surface area contributed by atoms with E-state index in [1.165, 1.54) is 0 Å². The molecule has 0 spiro atoms. The molecule has 0 saturated heterocycles. The van der Waals surface area contributed by atoms with Gasteiger partial charge in [0.2, 0.25) is 0 Å². The first-order chi connectivity index (χ1) is 35.7. The molecule has 0 atom stereocenters. The molecule has 72 heavy (non-hydrogen) atoms. The van der Waals surface area contributed by atoms with Gasteiger partial charge in [0.05, 0.1) is 55.8 Å².